The van der Waals surface area contributed by atoms with Crippen LogP contribution in [0.4, 0.5) is 5.69 Å². The van der Waals surface area contributed by atoms with Crippen molar-refractivity contribution >= 4 is 28.3 Å². The summed E-state index contributed by atoms with van der Waals surface area (Å²) in [6.45, 7) is 5.91. The summed E-state index contributed by atoms with van der Waals surface area (Å²) in [6, 6.07) is 14.5. The van der Waals surface area contributed by atoms with Gasteiger partial charge in [0.2, 0.25) is 11.3 Å². The molecule has 0 fully saturated rings. The van der Waals surface area contributed by atoms with Gasteiger partial charge in [0.25, 0.3) is 0 Å². The van der Waals surface area contributed by atoms with E-state index in [0.717, 1.165) is 17.5 Å². The van der Waals surface area contributed by atoms with E-state index in [2.05, 4.69) is 17.2 Å². The lowest BCUT2D eigenvalue weighted by Gasteiger charge is -2.15. The van der Waals surface area contributed by atoms with Gasteiger partial charge in [0.15, 0.2) is 5.78 Å². The van der Waals surface area contributed by atoms with Crippen LogP contribution in [0.2, 0.25) is 0 Å². The van der Waals surface area contributed by atoms with E-state index in [1.807, 2.05) is 44.2 Å². The number of benzene rings is 2. The van der Waals surface area contributed by atoms with Gasteiger partial charge in [-0.1, -0.05) is 19.1 Å². The van der Waals surface area contributed by atoms with Gasteiger partial charge in [0, 0.05) is 35.2 Å². The van der Waals surface area contributed by atoms with Crippen molar-refractivity contribution in [2.45, 2.75) is 33.7 Å². The molecule has 0 aliphatic heterocycles. The molecule has 0 aliphatic carbocycles. The molecule has 6 heteroatoms. The lowest BCUT2D eigenvalue weighted by atomic mass is 10.0. The Morgan fingerprint density at radius 1 is 0.970 bits per heavy atom. The van der Waals surface area contributed by atoms with Gasteiger partial charge in [-0.25, -0.2) is 0 Å². The second-order valence-electron chi connectivity index (χ2n) is 8.12. The molecule has 0 radical (unpaired) electrons. The van der Waals surface area contributed by atoms with Gasteiger partial charge in [0.05, 0.1) is 11.1 Å². The first-order valence-corrected chi connectivity index (χ1v) is 10.8. The van der Waals surface area contributed by atoms with Crippen molar-refractivity contribution in [1.82, 2.24) is 9.55 Å². The molecule has 2 heterocycles. The molecule has 4 rings (SSSR count). The zero-order valence-electron chi connectivity index (χ0n) is 18.9. The summed E-state index contributed by atoms with van der Waals surface area (Å²) in [5, 5.41) is 3.31. The third-order valence-corrected chi connectivity index (χ3v) is 5.84. The maximum atomic E-state index is 13.2. The number of pyridine rings is 2. The maximum Gasteiger partial charge on any atom is 0.244 e. The first-order valence-electron chi connectivity index (χ1n) is 10.8. The predicted molar refractivity (Wildman–Crippen MR) is 130 cm³/mol. The average molecular weight is 440 g/mol. The fourth-order valence-electron chi connectivity index (χ4n) is 3.78. The molecule has 0 saturated carbocycles. The normalized spacial score (nSPS) is 10.9. The van der Waals surface area contributed by atoms with Crippen LogP contribution >= 0.6 is 0 Å². The zero-order chi connectivity index (χ0) is 23.5. The van der Waals surface area contributed by atoms with E-state index in [0.29, 0.717) is 22.2 Å². The number of amides is 1. The Hall–Kier alpha value is -4.06. The highest BCUT2D eigenvalue weighted by Gasteiger charge is 2.19. The van der Waals surface area contributed by atoms with E-state index < -0.39 is 5.78 Å². The maximum absolute atomic E-state index is 13.2. The number of aryl methyl sites for hydroxylation is 3. The standard InChI is InChI=1S/C27H25N3O3/c1-4-19-5-7-21(8-6-19)29-25(31)16-30-15-23(26(32)20-9-11-28-12-10-20)27(33)22-13-17(2)18(3)14-24(22)30/h5-15H,4,16H2,1-3H3,(H,29,31). The predicted octanol–water partition coefficient (Wildman–Crippen LogP) is 4.45. The lowest BCUT2D eigenvalue weighted by molar-refractivity contribution is -0.116. The van der Waals surface area contributed by atoms with Gasteiger partial charge in [-0.2, -0.15) is 0 Å². The highest BCUT2D eigenvalue weighted by Crippen LogP contribution is 2.20. The summed E-state index contributed by atoms with van der Waals surface area (Å²) in [5.74, 6) is -0.642. The number of carbonyl (C=O) groups excluding carboxylic acids is 2. The number of anilines is 1. The smallest absolute Gasteiger partial charge is 0.244 e. The molecule has 6 nitrogen and oxygen atoms in total. The van der Waals surface area contributed by atoms with Crippen molar-refractivity contribution in [3.8, 4) is 0 Å². The average Bonchev–Trinajstić information content (AvgIpc) is 2.82. The number of hydrogen-bond acceptors (Lipinski definition) is 4. The molecular formula is C27H25N3O3. The lowest BCUT2D eigenvalue weighted by Crippen LogP contribution is -2.24. The van der Waals surface area contributed by atoms with Gasteiger partial charge in [-0.15, -0.1) is 0 Å². The Morgan fingerprint density at radius 3 is 2.30 bits per heavy atom. The fourth-order valence-corrected chi connectivity index (χ4v) is 3.78. The van der Waals surface area contributed by atoms with Gasteiger partial charge in [0.1, 0.15) is 6.54 Å². The summed E-state index contributed by atoms with van der Waals surface area (Å²) in [4.78, 5) is 43.2. The van der Waals surface area contributed by atoms with E-state index in [9.17, 15) is 14.4 Å². The van der Waals surface area contributed by atoms with Crippen molar-refractivity contribution in [2.24, 2.45) is 0 Å². The number of aromatic nitrogens is 2. The molecule has 0 bridgehead atoms. The second kappa shape index (κ2) is 9.20. The van der Waals surface area contributed by atoms with Crippen LogP contribution in [-0.4, -0.2) is 21.2 Å². The molecule has 166 valence electrons. The third-order valence-electron chi connectivity index (χ3n) is 5.84. The SMILES string of the molecule is CCc1ccc(NC(=O)Cn2cc(C(=O)c3ccncc3)c(=O)c3cc(C)c(C)cc32)cc1. The van der Waals surface area contributed by atoms with E-state index in [1.165, 1.54) is 24.2 Å². The van der Waals surface area contributed by atoms with E-state index in [-0.39, 0.29) is 23.4 Å². The van der Waals surface area contributed by atoms with Crippen LogP contribution in [0.5, 0.6) is 0 Å². The van der Waals surface area contributed by atoms with Crippen molar-refractivity contribution in [3.05, 3.63) is 105 Å². The molecule has 0 atom stereocenters. The van der Waals surface area contributed by atoms with Crippen LogP contribution in [0.1, 0.15) is 39.5 Å². The molecular weight excluding hydrogens is 414 g/mol. The van der Waals surface area contributed by atoms with Crippen LogP contribution in [0.15, 0.2) is 71.9 Å². The highest BCUT2D eigenvalue weighted by atomic mass is 16.2. The summed E-state index contributed by atoms with van der Waals surface area (Å²) < 4.78 is 1.67. The van der Waals surface area contributed by atoms with Gasteiger partial charge >= 0.3 is 0 Å². The second-order valence-corrected chi connectivity index (χ2v) is 8.12. The number of rotatable bonds is 6. The Balaban J connectivity index is 1.76. The van der Waals surface area contributed by atoms with Crippen molar-refractivity contribution < 1.29 is 9.59 Å². The van der Waals surface area contributed by atoms with E-state index in [4.69, 9.17) is 0 Å². The minimum Gasteiger partial charge on any atom is -0.337 e. The number of nitrogens with zero attached hydrogens (tertiary/aromatic N) is 2. The number of carbonyl (C=O) groups is 2. The summed E-state index contributed by atoms with van der Waals surface area (Å²) in [7, 11) is 0. The van der Waals surface area contributed by atoms with Crippen molar-refractivity contribution in [1.29, 1.82) is 0 Å². The first kappa shape index (κ1) is 22.1. The van der Waals surface area contributed by atoms with Crippen LogP contribution in [0, 0.1) is 13.8 Å². The Kier molecular flexibility index (Phi) is 6.18. The fraction of sp³-hybridized carbons (Fsp3) is 0.185. The van der Waals surface area contributed by atoms with Crippen molar-refractivity contribution in [3.63, 3.8) is 0 Å². The molecule has 0 spiro atoms. The highest BCUT2D eigenvalue weighted by molar-refractivity contribution is 6.10. The minimum atomic E-state index is -0.396. The number of hydrogen-bond donors (Lipinski definition) is 1. The monoisotopic (exact) mass is 439 g/mol. The summed E-state index contributed by atoms with van der Waals surface area (Å²) in [5.41, 5.74) is 4.49. The summed E-state index contributed by atoms with van der Waals surface area (Å²) in [6.07, 6.45) is 5.43. The molecule has 0 saturated heterocycles. The minimum absolute atomic E-state index is 0.0250. The van der Waals surface area contributed by atoms with E-state index in [1.54, 1.807) is 22.8 Å². The number of nitrogens with one attached hydrogen (secondary N) is 1. The largest absolute Gasteiger partial charge is 0.337 e. The molecule has 0 aliphatic rings. The Morgan fingerprint density at radius 2 is 1.64 bits per heavy atom. The topological polar surface area (TPSA) is 81.1 Å². The number of fused-ring (bicyclic) bond motifs is 1. The van der Waals surface area contributed by atoms with Crippen molar-refractivity contribution in [2.75, 3.05) is 5.32 Å². The van der Waals surface area contributed by atoms with Crippen LogP contribution in [0.25, 0.3) is 10.9 Å². The molecule has 0 unspecified atom stereocenters. The molecule has 1 amide bonds. The molecule has 33 heavy (non-hydrogen) atoms. The van der Waals surface area contributed by atoms with Gasteiger partial charge in [-0.3, -0.25) is 19.4 Å². The van der Waals surface area contributed by atoms with Gasteiger partial charge in [-0.05, 0) is 73.4 Å². The van der Waals surface area contributed by atoms with E-state index >= 15 is 0 Å². The molecule has 2 aromatic heterocycles. The first-order chi connectivity index (χ1) is 15.9. The Bertz CT molecular complexity index is 1400. The summed E-state index contributed by atoms with van der Waals surface area (Å²) >= 11 is 0. The zero-order valence-corrected chi connectivity index (χ0v) is 18.9. The van der Waals surface area contributed by atoms with Gasteiger partial charge < -0.3 is 9.88 Å². The van der Waals surface area contributed by atoms with Crippen LogP contribution in [0.3, 0.4) is 0 Å². The molecule has 1 N–H and O–H groups in total. The molecule has 2 aromatic carbocycles. The quantitative estimate of drug-likeness (QED) is 0.450. The van der Waals surface area contributed by atoms with Crippen LogP contribution < -0.4 is 10.7 Å². The van der Waals surface area contributed by atoms with Crippen LogP contribution in [-0.2, 0) is 17.8 Å². The molecule has 4 aromatic rings. The number of ketones is 1. The Labute approximate surface area is 191 Å². The third kappa shape index (κ3) is 4.60.